The van der Waals surface area contributed by atoms with Crippen LogP contribution in [0.5, 0.6) is 5.75 Å². The van der Waals surface area contributed by atoms with Gasteiger partial charge in [0.15, 0.2) is 5.78 Å². The van der Waals surface area contributed by atoms with Crippen molar-refractivity contribution in [1.82, 2.24) is 4.98 Å². The Kier molecular flexibility index (Phi) is 3.74. The lowest BCUT2D eigenvalue weighted by atomic mass is 9.79. The van der Waals surface area contributed by atoms with Gasteiger partial charge in [-0.2, -0.15) is 0 Å². The van der Waals surface area contributed by atoms with Gasteiger partial charge in [0.05, 0.1) is 12.5 Å². The van der Waals surface area contributed by atoms with Crippen LogP contribution in [0.2, 0.25) is 0 Å². The van der Waals surface area contributed by atoms with Crippen LogP contribution in [-0.2, 0) is 5.41 Å². The number of aromatic nitrogens is 1. The molecule has 2 N–H and O–H groups in total. The maximum absolute atomic E-state index is 12.8. The number of Topliss-reactive ketones (excluding diaryl/α,β-unsaturated/α-hetero) is 1. The second-order valence-corrected chi connectivity index (χ2v) is 5.13. The molecule has 0 saturated carbocycles. The fraction of sp³-hybridized carbons (Fsp3) is 0.250. The van der Waals surface area contributed by atoms with E-state index in [-0.39, 0.29) is 5.78 Å². The third kappa shape index (κ3) is 2.50. The number of nitrogens with two attached hydrogens (primary N) is 1. The molecule has 0 atom stereocenters. The van der Waals surface area contributed by atoms with Crippen LogP contribution in [0.1, 0.15) is 29.9 Å². The number of carbonyl (C=O) groups is 1. The predicted octanol–water partition coefficient (Wildman–Crippen LogP) is 2.83. The number of anilines is 1. The molecular formula is C16H18N2O2. The molecule has 104 valence electrons. The molecule has 0 unspecified atom stereocenters. The summed E-state index contributed by atoms with van der Waals surface area (Å²) in [5.74, 6) is 0.403. The van der Waals surface area contributed by atoms with Gasteiger partial charge in [0.2, 0.25) is 0 Å². The Morgan fingerprint density at radius 2 is 1.85 bits per heavy atom. The minimum absolute atomic E-state index is 0.0836. The van der Waals surface area contributed by atoms with Crippen molar-refractivity contribution in [3.8, 4) is 5.75 Å². The van der Waals surface area contributed by atoms with E-state index in [9.17, 15) is 4.79 Å². The van der Waals surface area contributed by atoms with Gasteiger partial charge in [-0.05, 0) is 43.7 Å². The van der Waals surface area contributed by atoms with E-state index in [1.807, 2.05) is 26.0 Å². The number of nitrogens with zero attached hydrogens (tertiary/aromatic N) is 1. The van der Waals surface area contributed by atoms with Crippen LogP contribution in [0.4, 0.5) is 5.69 Å². The zero-order valence-corrected chi connectivity index (χ0v) is 11.9. The van der Waals surface area contributed by atoms with Crippen LogP contribution in [0, 0.1) is 0 Å². The molecule has 4 heteroatoms. The summed E-state index contributed by atoms with van der Waals surface area (Å²) in [5, 5.41) is 0. The number of hydrogen-bond acceptors (Lipinski definition) is 4. The summed E-state index contributed by atoms with van der Waals surface area (Å²) in [6.07, 6.45) is 1.59. The lowest BCUT2D eigenvalue weighted by molar-refractivity contribution is 0.0900. The minimum atomic E-state index is -0.699. The number of carbonyl (C=O) groups excluding carboxylic acids is 1. The van der Waals surface area contributed by atoms with E-state index in [4.69, 9.17) is 10.5 Å². The van der Waals surface area contributed by atoms with Gasteiger partial charge >= 0.3 is 0 Å². The van der Waals surface area contributed by atoms with E-state index >= 15 is 0 Å². The third-order valence-electron chi connectivity index (χ3n) is 3.41. The summed E-state index contributed by atoms with van der Waals surface area (Å²) in [5.41, 5.74) is 6.90. The highest BCUT2D eigenvalue weighted by Gasteiger charge is 2.33. The molecule has 0 aliphatic heterocycles. The molecule has 0 saturated heterocycles. The standard InChI is InChI=1S/C16H18N2O2/c1-16(2,11-6-8-12(17)9-7-11)15(19)14-13(20-3)5-4-10-18-14/h4-10H,17H2,1-3H3. The molecule has 0 aliphatic carbocycles. The average molecular weight is 270 g/mol. The molecule has 0 aliphatic rings. The van der Waals surface area contributed by atoms with Crippen molar-refractivity contribution in [1.29, 1.82) is 0 Å². The number of rotatable bonds is 4. The SMILES string of the molecule is COc1cccnc1C(=O)C(C)(C)c1ccc(N)cc1. The zero-order valence-electron chi connectivity index (χ0n) is 11.9. The molecule has 4 nitrogen and oxygen atoms in total. The van der Waals surface area contributed by atoms with E-state index in [2.05, 4.69) is 4.98 Å². The number of methoxy groups -OCH3 is 1. The third-order valence-corrected chi connectivity index (χ3v) is 3.41. The van der Waals surface area contributed by atoms with Gasteiger partial charge < -0.3 is 10.5 Å². The van der Waals surface area contributed by atoms with Gasteiger partial charge in [0.1, 0.15) is 11.4 Å². The van der Waals surface area contributed by atoms with Crippen LogP contribution in [0.25, 0.3) is 0 Å². The van der Waals surface area contributed by atoms with Crippen LogP contribution in [0.15, 0.2) is 42.6 Å². The molecular weight excluding hydrogens is 252 g/mol. The van der Waals surface area contributed by atoms with Crippen molar-refractivity contribution >= 4 is 11.5 Å². The number of pyridine rings is 1. The summed E-state index contributed by atoms with van der Waals surface area (Å²) >= 11 is 0. The molecule has 0 fully saturated rings. The van der Waals surface area contributed by atoms with Gasteiger partial charge in [-0.15, -0.1) is 0 Å². The second-order valence-electron chi connectivity index (χ2n) is 5.13. The van der Waals surface area contributed by atoms with E-state index in [1.54, 1.807) is 30.5 Å². The minimum Gasteiger partial charge on any atom is -0.494 e. The Balaban J connectivity index is 2.43. The van der Waals surface area contributed by atoms with E-state index in [0.717, 1.165) is 5.56 Å². The lowest BCUT2D eigenvalue weighted by Gasteiger charge is -2.24. The molecule has 2 rings (SSSR count). The summed E-state index contributed by atoms with van der Waals surface area (Å²) in [7, 11) is 1.53. The molecule has 0 radical (unpaired) electrons. The van der Waals surface area contributed by atoms with Crippen LogP contribution >= 0.6 is 0 Å². The van der Waals surface area contributed by atoms with Crippen molar-refractivity contribution in [2.45, 2.75) is 19.3 Å². The number of ketones is 1. The molecule has 0 amide bonds. The van der Waals surface area contributed by atoms with E-state index < -0.39 is 5.41 Å². The Hall–Kier alpha value is -2.36. The van der Waals surface area contributed by atoms with E-state index in [1.165, 1.54) is 7.11 Å². The summed E-state index contributed by atoms with van der Waals surface area (Å²) in [6.45, 7) is 3.74. The fourth-order valence-corrected chi connectivity index (χ4v) is 2.05. The van der Waals surface area contributed by atoms with Crippen molar-refractivity contribution in [3.05, 3.63) is 53.9 Å². The van der Waals surface area contributed by atoms with Crippen molar-refractivity contribution in [3.63, 3.8) is 0 Å². The largest absolute Gasteiger partial charge is 0.494 e. The predicted molar refractivity (Wildman–Crippen MR) is 79.0 cm³/mol. The van der Waals surface area contributed by atoms with Crippen molar-refractivity contribution in [2.75, 3.05) is 12.8 Å². The van der Waals surface area contributed by atoms with Crippen molar-refractivity contribution < 1.29 is 9.53 Å². The molecule has 1 aromatic heterocycles. The lowest BCUT2D eigenvalue weighted by Crippen LogP contribution is -2.30. The quantitative estimate of drug-likeness (QED) is 0.685. The first-order chi connectivity index (χ1) is 9.46. The number of ether oxygens (including phenoxy) is 1. The normalized spacial score (nSPS) is 11.2. The van der Waals surface area contributed by atoms with Gasteiger partial charge in [0, 0.05) is 11.9 Å². The highest BCUT2D eigenvalue weighted by molar-refractivity contribution is 6.04. The Labute approximate surface area is 118 Å². The zero-order chi connectivity index (χ0) is 14.8. The summed E-state index contributed by atoms with van der Waals surface area (Å²) < 4.78 is 5.21. The average Bonchev–Trinajstić information content (AvgIpc) is 2.46. The number of nitrogen functional groups attached to an aromatic ring is 1. The molecule has 1 aromatic carbocycles. The number of hydrogen-bond donors (Lipinski definition) is 1. The van der Waals surface area contributed by atoms with Gasteiger partial charge in [0.25, 0.3) is 0 Å². The fourth-order valence-electron chi connectivity index (χ4n) is 2.05. The highest BCUT2D eigenvalue weighted by Crippen LogP contribution is 2.30. The van der Waals surface area contributed by atoms with Crippen molar-refractivity contribution in [2.24, 2.45) is 0 Å². The maximum Gasteiger partial charge on any atom is 0.194 e. The second kappa shape index (κ2) is 5.33. The molecule has 1 heterocycles. The van der Waals surface area contributed by atoms with Gasteiger partial charge in [-0.1, -0.05) is 12.1 Å². The molecule has 0 spiro atoms. The summed E-state index contributed by atoms with van der Waals surface area (Å²) in [6, 6.07) is 10.8. The highest BCUT2D eigenvalue weighted by atomic mass is 16.5. The first-order valence-electron chi connectivity index (χ1n) is 6.36. The van der Waals surface area contributed by atoms with Gasteiger partial charge in [-0.3, -0.25) is 4.79 Å². The Morgan fingerprint density at radius 3 is 2.45 bits per heavy atom. The Morgan fingerprint density at radius 1 is 1.20 bits per heavy atom. The van der Waals surface area contributed by atoms with Gasteiger partial charge in [-0.25, -0.2) is 4.98 Å². The smallest absolute Gasteiger partial charge is 0.194 e. The van der Waals surface area contributed by atoms with Crippen LogP contribution < -0.4 is 10.5 Å². The number of benzene rings is 1. The van der Waals surface area contributed by atoms with Crippen LogP contribution in [-0.4, -0.2) is 17.9 Å². The molecule has 20 heavy (non-hydrogen) atoms. The first-order valence-corrected chi connectivity index (χ1v) is 6.36. The summed E-state index contributed by atoms with van der Waals surface area (Å²) in [4.78, 5) is 16.9. The maximum atomic E-state index is 12.8. The topological polar surface area (TPSA) is 65.2 Å². The first kappa shape index (κ1) is 14.1. The molecule has 2 aromatic rings. The van der Waals surface area contributed by atoms with Crippen LogP contribution in [0.3, 0.4) is 0 Å². The Bertz CT molecular complexity index is 619. The monoisotopic (exact) mass is 270 g/mol. The molecule has 0 bridgehead atoms. The van der Waals surface area contributed by atoms with E-state index in [0.29, 0.717) is 17.1 Å².